The Bertz CT molecular complexity index is 565. The molecule has 2 atom stereocenters. The number of hydrogen-bond acceptors (Lipinski definition) is 3. The predicted octanol–water partition coefficient (Wildman–Crippen LogP) is 4.63. The van der Waals surface area contributed by atoms with Crippen molar-refractivity contribution in [3.8, 4) is 11.5 Å². The van der Waals surface area contributed by atoms with Crippen LogP contribution in [-0.2, 0) is 17.4 Å². The van der Waals surface area contributed by atoms with E-state index in [1.54, 1.807) is 0 Å². The zero-order chi connectivity index (χ0) is 19.2. The molecule has 1 aromatic carbocycles. The molecule has 144 valence electrons. The number of aryl methyl sites for hydroxylation is 1. The van der Waals surface area contributed by atoms with Gasteiger partial charge in [-0.2, -0.15) is 0 Å². The van der Waals surface area contributed by atoms with Gasteiger partial charge >= 0.3 is 0 Å². The first-order valence-corrected chi connectivity index (χ1v) is 10.3. The monoisotopic (exact) mass is 369 g/mol. The van der Waals surface area contributed by atoms with Crippen LogP contribution in [0.5, 0.6) is 11.5 Å². The van der Waals surface area contributed by atoms with E-state index in [1.165, 1.54) is 5.56 Å². The van der Waals surface area contributed by atoms with Crippen LogP contribution in [0.4, 0.5) is 0 Å². The summed E-state index contributed by atoms with van der Waals surface area (Å²) in [5, 5.41) is 0. The van der Waals surface area contributed by atoms with Gasteiger partial charge in [0.15, 0.2) is 11.5 Å². The van der Waals surface area contributed by atoms with E-state index in [2.05, 4.69) is 23.8 Å². The second-order valence-corrected chi connectivity index (χ2v) is 10.1. The molecule has 0 saturated heterocycles. The Morgan fingerprint density at radius 2 is 1.56 bits per heavy atom. The first-order valence-electron chi connectivity index (χ1n) is 9.13. The second-order valence-electron chi connectivity index (χ2n) is 8.05. The van der Waals surface area contributed by atoms with Gasteiger partial charge in [0.25, 0.3) is 0 Å². The molecule has 1 N–H and O–H groups in total. The Hall–Kier alpha value is -1.07. The molecule has 0 heterocycles. The molecule has 0 aliphatic heterocycles. The van der Waals surface area contributed by atoms with Gasteiger partial charge in [-0.3, -0.25) is 0 Å². The molecule has 0 spiro atoms. The third-order valence-electron chi connectivity index (χ3n) is 3.46. The molecule has 0 aromatic heterocycles. The quantitative estimate of drug-likeness (QED) is 0.690. The van der Waals surface area contributed by atoms with Crippen LogP contribution in [0.2, 0.25) is 0 Å². The van der Waals surface area contributed by atoms with Crippen molar-refractivity contribution in [3.05, 3.63) is 23.8 Å². The maximum absolute atomic E-state index is 12.2. The summed E-state index contributed by atoms with van der Waals surface area (Å²) in [6.45, 7) is 16.1. The van der Waals surface area contributed by atoms with Gasteiger partial charge < -0.3 is 9.47 Å². The number of ether oxygens (including phenoxy) is 2. The Morgan fingerprint density at radius 3 is 2.08 bits per heavy atom. The third kappa shape index (κ3) is 8.23. The summed E-state index contributed by atoms with van der Waals surface area (Å²) in [6, 6.07) is 6.31. The number of nitrogens with one attached hydrogen (secondary N) is 1. The van der Waals surface area contributed by atoms with Gasteiger partial charge in [-0.1, -0.05) is 6.07 Å². The van der Waals surface area contributed by atoms with Crippen LogP contribution in [0.3, 0.4) is 0 Å². The third-order valence-corrected chi connectivity index (χ3v) is 5.19. The molecule has 0 radical (unpaired) electrons. The molecule has 1 rings (SSSR count). The predicted molar refractivity (Wildman–Crippen MR) is 107 cm³/mol. The minimum atomic E-state index is -1.04. The summed E-state index contributed by atoms with van der Waals surface area (Å²) in [7, 11) is -1.04. The van der Waals surface area contributed by atoms with Crippen LogP contribution in [0.15, 0.2) is 18.2 Å². The molecule has 0 fully saturated rings. The number of hydrogen-bond donors (Lipinski definition) is 1. The van der Waals surface area contributed by atoms with Crippen molar-refractivity contribution in [2.45, 2.75) is 91.2 Å². The van der Waals surface area contributed by atoms with Gasteiger partial charge in [0.1, 0.15) is 0 Å². The molecular formula is C20H35NO3S. The maximum Gasteiger partial charge on any atom is 0.161 e. The van der Waals surface area contributed by atoms with Gasteiger partial charge in [0.2, 0.25) is 0 Å². The lowest BCUT2D eigenvalue weighted by atomic mass is 10.1. The van der Waals surface area contributed by atoms with Crippen LogP contribution in [-0.4, -0.2) is 27.2 Å². The Morgan fingerprint density at radius 1 is 1.00 bits per heavy atom. The molecule has 0 aliphatic rings. The minimum Gasteiger partial charge on any atom is -0.487 e. The Kier molecular flexibility index (Phi) is 8.42. The van der Waals surface area contributed by atoms with Crippen LogP contribution >= 0.6 is 0 Å². The second kappa shape index (κ2) is 9.58. The van der Waals surface area contributed by atoms with E-state index in [0.717, 1.165) is 24.3 Å². The van der Waals surface area contributed by atoms with Gasteiger partial charge in [-0.25, -0.2) is 8.93 Å². The van der Waals surface area contributed by atoms with E-state index in [9.17, 15) is 4.21 Å². The van der Waals surface area contributed by atoms with Crippen molar-refractivity contribution in [2.24, 2.45) is 0 Å². The van der Waals surface area contributed by atoms with E-state index < -0.39 is 11.0 Å². The first kappa shape index (κ1) is 22.0. The molecule has 1 aromatic rings. The smallest absolute Gasteiger partial charge is 0.161 e. The molecule has 4 nitrogen and oxygen atoms in total. The highest BCUT2D eigenvalue weighted by Gasteiger charge is 2.21. The molecular weight excluding hydrogens is 334 g/mol. The number of benzene rings is 1. The minimum absolute atomic E-state index is 0.0968. The van der Waals surface area contributed by atoms with E-state index in [-0.39, 0.29) is 23.0 Å². The lowest BCUT2D eigenvalue weighted by Crippen LogP contribution is -2.38. The fraction of sp³-hybridized carbons (Fsp3) is 0.700. The maximum atomic E-state index is 12.2. The largest absolute Gasteiger partial charge is 0.487 e. The van der Waals surface area contributed by atoms with Crippen LogP contribution < -0.4 is 14.2 Å². The molecule has 0 saturated carbocycles. The Balaban J connectivity index is 2.73. The van der Waals surface area contributed by atoms with Crippen molar-refractivity contribution in [2.75, 3.05) is 0 Å². The van der Waals surface area contributed by atoms with E-state index in [4.69, 9.17) is 9.47 Å². The highest BCUT2D eigenvalue weighted by molar-refractivity contribution is 7.84. The summed E-state index contributed by atoms with van der Waals surface area (Å²) in [4.78, 5) is 0. The van der Waals surface area contributed by atoms with Crippen molar-refractivity contribution in [1.82, 2.24) is 4.72 Å². The highest BCUT2D eigenvalue weighted by atomic mass is 32.2. The van der Waals surface area contributed by atoms with Crippen molar-refractivity contribution >= 4 is 11.0 Å². The van der Waals surface area contributed by atoms with E-state index >= 15 is 0 Å². The molecule has 1 unspecified atom stereocenters. The van der Waals surface area contributed by atoms with Crippen LogP contribution in [0.25, 0.3) is 0 Å². The summed E-state index contributed by atoms with van der Waals surface area (Å²) >= 11 is 0. The highest BCUT2D eigenvalue weighted by Crippen LogP contribution is 2.30. The molecule has 0 aliphatic carbocycles. The van der Waals surface area contributed by atoms with Crippen molar-refractivity contribution < 1.29 is 13.7 Å². The summed E-state index contributed by atoms with van der Waals surface area (Å²) in [5.41, 5.74) is 1.20. The zero-order valence-corrected chi connectivity index (χ0v) is 17.8. The Labute approximate surface area is 156 Å². The average molecular weight is 370 g/mol. The average Bonchev–Trinajstić information content (AvgIpc) is 2.45. The summed E-state index contributed by atoms with van der Waals surface area (Å²) in [6.07, 6.45) is 2.01. The fourth-order valence-electron chi connectivity index (χ4n) is 2.21. The fourth-order valence-corrected chi connectivity index (χ4v) is 3.04. The van der Waals surface area contributed by atoms with Gasteiger partial charge in [-0.05, 0) is 85.9 Å². The standard InChI is InChI=1S/C20H35NO3S/c1-14(2)23-18-12-11-17(13-19(18)24-15(3)4)10-9-16(5)21-25(22)20(6,7)8/h11-16,21H,9-10H2,1-8H3/t16-,25?/m1/s1. The van der Waals surface area contributed by atoms with E-state index in [1.807, 2.05) is 54.5 Å². The topological polar surface area (TPSA) is 47.6 Å². The lowest BCUT2D eigenvalue weighted by molar-refractivity contribution is 0.198. The molecule has 25 heavy (non-hydrogen) atoms. The normalized spacial score (nSPS) is 14.6. The van der Waals surface area contributed by atoms with Gasteiger partial charge in [-0.15, -0.1) is 0 Å². The van der Waals surface area contributed by atoms with Gasteiger partial charge in [0.05, 0.1) is 27.9 Å². The summed E-state index contributed by atoms with van der Waals surface area (Å²) in [5.74, 6) is 1.58. The summed E-state index contributed by atoms with van der Waals surface area (Å²) < 4.78 is 26.9. The first-order chi connectivity index (χ1) is 11.5. The van der Waals surface area contributed by atoms with Gasteiger partial charge in [0, 0.05) is 6.04 Å². The zero-order valence-electron chi connectivity index (χ0n) is 17.0. The van der Waals surface area contributed by atoms with Crippen LogP contribution in [0, 0.1) is 0 Å². The molecule has 0 amide bonds. The SMILES string of the molecule is CC(C)Oc1ccc(CC[C@@H](C)NS(=O)C(C)(C)C)cc1OC(C)C. The van der Waals surface area contributed by atoms with Crippen LogP contribution in [0.1, 0.15) is 67.4 Å². The molecule has 0 bridgehead atoms. The van der Waals surface area contributed by atoms with Crippen molar-refractivity contribution in [1.29, 1.82) is 0 Å². The number of rotatable bonds is 9. The van der Waals surface area contributed by atoms with Crippen molar-refractivity contribution in [3.63, 3.8) is 0 Å². The van der Waals surface area contributed by atoms with E-state index in [0.29, 0.717) is 0 Å². The molecule has 5 heteroatoms. The lowest BCUT2D eigenvalue weighted by Gasteiger charge is -2.22.